The Hall–Kier alpha value is -1.56. The number of nitrogens with zero attached hydrogens (tertiary/aromatic N) is 2. The molecule has 0 aliphatic rings. The normalized spacial score (nSPS) is 11.3. The van der Waals surface area contributed by atoms with Gasteiger partial charge in [0.05, 0.1) is 7.11 Å². The standard InChI is InChI=1S/C11H20N4O2/c1-11(2,4-5-16)6-13-9-8(12)10(17-3)15-7-14-9/h7,16H,4-6,12H2,1-3H3,(H,13,14,15). The topological polar surface area (TPSA) is 93.3 Å². The van der Waals surface area contributed by atoms with Crippen molar-refractivity contribution in [1.29, 1.82) is 0 Å². The molecule has 1 rings (SSSR count). The number of nitrogens with one attached hydrogen (secondary N) is 1. The molecule has 1 aromatic rings. The lowest BCUT2D eigenvalue weighted by atomic mass is 9.90. The molecule has 1 aromatic heterocycles. The number of ether oxygens (including phenoxy) is 1. The van der Waals surface area contributed by atoms with E-state index in [4.69, 9.17) is 15.6 Å². The van der Waals surface area contributed by atoms with Gasteiger partial charge in [-0.15, -0.1) is 0 Å². The molecule has 0 radical (unpaired) electrons. The van der Waals surface area contributed by atoms with Crippen molar-refractivity contribution >= 4 is 11.5 Å². The molecule has 6 heteroatoms. The highest BCUT2D eigenvalue weighted by Crippen LogP contribution is 2.26. The SMILES string of the molecule is COc1ncnc(NCC(C)(C)CCO)c1N. The summed E-state index contributed by atoms with van der Waals surface area (Å²) in [5, 5.41) is 12.1. The molecule has 1 heterocycles. The second kappa shape index (κ2) is 5.67. The van der Waals surface area contributed by atoms with Gasteiger partial charge in [-0.1, -0.05) is 13.8 Å². The third kappa shape index (κ3) is 3.74. The zero-order valence-corrected chi connectivity index (χ0v) is 10.5. The van der Waals surface area contributed by atoms with Crippen molar-refractivity contribution in [2.75, 3.05) is 31.3 Å². The number of nitrogens with two attached hydrogens (primary N) is 1. The van der Waals surface area contributed by atoms with Crippen molar-refractivity contribution in [2.45, 2.75) is 20.3 Å². The second-order valence-electron chi connectivity index (χ2n) is 4.64. The molecule has 0 bridgehead atoms. The van der Waals surface area contributed by atoms with Crippen LogP contribution >= 0.6 is 0 Å². The molecule has 0 amide bonds. The first-order chi connectivity index (χ1) is 8.00. The van der Waals surface area contributed by atoms with Gasteiger partial charge in [-0.3, -0.25) is 0 Å². The fraction of sp³-hybridized carbons (Fsp3) is 0.636. The van der Waals surface area contributed by atoms with E-state index in [1.165, 1.54) is 13.4 Å². The minimum Gasteiger partial charge on any atom is -0.479 e. The van der Waals surface area contributed by atoms with Crippen LogP contribution in [-0.4, -0.2) is 35.3 Å². The van der Waals surface area contributed by atoms with Crippen LogP contribution in [0.3, 0.4) is 0 Å². The average Bonchev–Trinajstić information content (AvgIpc) is 2.28. The summed E-state index contributed by atoms with van der Waals surface area (Å²) < 4.78 is 5.01. The second-order valence-corrected chi connectivity index (χ2v) is 4.64. The van der Waals surface area contributed by atoms with Crippen LogP contribution in [-0.2, 0) is 0 Å². The molecule has 0 fully saturated rings. The lowest BCUT2D eigenvalue weighted by Gasteiger charge is -2.24. The van der Waals surface area contributed by atoms with Gasteiger partial charge in [0, 0.05) is 13.2 Å². The predicted octanol–water partition coefficient (Wildman–Crippen LogP) is 0.888. The van der Waals surface area contributed by atoms with E-state index < -0.39 is 0 Å². The molecular weight excluding hydrogens is 220 g/mol. The third-order valence-electron chi connectivity index (χ3n) is 2.56. The van der Waals surface area contributed by atoms with Gasteiger partial charge in [-0.25, -0.2) is 4.98 Å². The van der Waals surface area contributed by atoms with Gasteiger partial charge in [0.15, 0.2) is 5.82 Å². The molecule has 17 heavy (non-hydrogen) atoms. The smallest absolute Gasteiger partial charge is 0.242 e. The van der Waals surface area contributed by atoms with E-state index in [1.807, 2.05) is 0 Å². The maximum atomic E-state index is 8.94. The van der Waals surface area contributed by atoms with Gasteiger partial charge in [-0.05, 0) is 11.8 Å². The van der Waals surface area contributed by atoms with Crippen LogP contribution in [0.5, 0.6) is 5.88 Å². The summed E-state index contributed by atoms with van der Waals surface area (Å²) in [5.74, 6) is 0.922. The summed E-state index contributed by atoms with van der Waals surface area (Å²) in [6.45, 7) is 4.95. The Morgan fingerprint density at radius 2 is 2.18 bits per heavy atom. The van der Waals surface area contributed by atoms with Gasteiger partial charge in [0.2, 0.25) is 5.88 Å². The van der Waals surface area contributed by atoms with Crippen molar-refractivity contribution in [1.82, 2.24) is 9.97 Å². The van der Waals surface area contributed by atoms with E-state index >= 15 is 0 Å². The highest BCUT2D eigenvalue weighted by Gasteiger charge is 2.18. The minimum absolute atomic E-state index is 0.0284. The monoisotopic (exact) mass is 240 g/mol. The van der Waals surface area contributed by atoms with E-state index in [9.17, 15) is 0 Å². The summed E-state index contributed by atoms with van der Waals surface area (Å²) in [4.78, 5) is 7.96. The number of anilines is 2. The summed E-state index contributed by atoms with van der Waals surface area (Å²) in [5.41, 5.74) is 6.20. The van der Waals surface area contributed by atoms with Crippen LogP contribution in [0.1, 0.15) is 20.3 Å². The highest BCUT2D eigenvalue weighted by molar-refractivity contribution is 5.66. The molecule has 0 aromatic carbocycles. The van der Waals surface area contributed by atoms with Crippen LogP contribution < -0.4 is 15.8 Å². The maximum absolute atomic E-state index is 8.94. The molecule has 0 spiro atoms. The van der Waals surface area contributed by atoms with Gasteiger partial charge in [-0.2, -0.15) is 4.98 Å². The number of aliphatic hydroxyl groups excluding tert-OH is 1. The zero-order chi connectivity index (χ0) is 12.9. The van der Waals surface area contributed by atoms with Gasteiger partial charge >= 0.3 is 0 Å². The van der Waals surface area contributed by atoms with Crippen molar-refractivity contribution in [3.63, 3.8) is 0 Å². The van der Waals surface area contributed by atoms with E-state index in [2.05, 4.69) is 29.1 Å². The summed E-state index contributed by atoms with van der Waals surface area (Å²) in [6, 6.07) is 0. The Morgan fingerprint density at radius 1 is 1.47 bits per heavy atom. The Labute approximate surface area is 101 Å². The highest BCUT2D eigenvalue weighted by atomic mass is 16.5. The lowest BCUT2D eigenvalue weighted by Crippen LogP contribution is -2.25. The lowest BCUT2D eigenvalue weighted by molar-refractivity contribution is 0.220. The Bertz CT molecular complexity index is 368. The van der Waals surface area contributed by atoms with Crippen molar-refractivity contribution in [3.8, 4) is 5.88 Å². The number of hydrogen-bond donors (Lipinski definition) is 3. The van der Waals surface area contributed by atoms with Crippen LogP contribution in [0.2, 0.25) is 0 Å². The van der Waals surface area contributed by atoms with Crippen molar-refractivity contribution in [3.05, 3.63) is 6.33 Å². The van der Waals surface area contributed by atoms with E-state index in [-0.39, 0.29) is 12.0 Å². The predicted molar refractivity (Wildman–Crippen MR) is 67.0 cm³/mol. The van der Waals surface area contributed by atoms with Crippen LogP contribution in [0.25, 0.3) is 0 Å². The van der Waals surface area contributed by atoms with Crippen molar-refractivity contribution in [2.24, 2.45) is 5.41 Å². The summed E-state index contributed by atoms with van der Waals surface area (Å²) in [6.07, 6.45) is 2.11. The molecule has 0 saturated heterocycles. The van der Waals surface area contributed by atoms with E-state index in [0.717, 1.165) is 0 Å². The van der Waals surface area contributed by atoms with Gasteiger partial charge in [0.1, 0.15) is 12.0 Å². The van der Waals surface area contributed by atoms with Crippen LogP contribution in [0.15, 0.2) is 6.33 Å². The summed E-state index contributed by atoms with van der Waals surface area (Å²) in [7, 11) is 1.51. The van der Waals surface area contributed by atoms with Gasteiger partial charge < -0.3 is 20.9 Å². The Balaban J connectivity index is 2.69. The molecule has 6 nitrogen and oxygen atoms in total. The van der Waals surface area contributed by atoms with Gasteiger partial charge in [0.25, 0.3) is 0 Å². The fourth-order valence-electron chi connectivity index (χ4n) is 1.40. The third-order valence-corrected chi connectivity index (χ3v) is 2.56. The molecule has 0 aliphatic carbocycles. The molecule has 0 aliphatic heterocycles. The average molecular weight is 240 g/mol. The first-order valence-electron chi connectivity index (χ1n) is 5.49. The molecule has 0 saturated carbocycles. The zero-order valence-electron chi connectivity index (χ0n) is 10.5. The van der Waals surface area contributed by atoms with Crippen molar-refractivity contribution < 1.29 is 9.84 Å². The number of nitrogen functional groups attached to an aromatic ring is 1. The first kappa shape index (κ1) is 13.5. The summed E-state index contributed by atoms with van der Waals surface area (Å²) >= 11 is 0. The molecule has 0 unspecified atom stereocenters. The maximum Gasteiger partial charge on any atom is 0.242 e. The van der Waals surface area contributed by atoms with Crippen LogP contribution in [0.4, 0.5) is 11.5 Å². The fourth-order valence-corrected chi connectivity index (χ4v) is 1.40. The number of aromatic nitrogens is 2. The van der Waals surface area contributed by atoms with E-state index in [1.54, 1.807) is 0 Å². The van der Waals surface area contributed by atoms with Crippen LogP contribution in [0, 0.1) is 5.41 Å². The first-order valence-corrected chi connectivity index (χ1v) is 5.49. The minimum atomic E-state index is -0.0284. The molecule has 4 N–H and O–H groups in total. The molecule has 96 valence electrons. The Kier molecular flexibility index (Phi) is 4.51. The number of methoxy groups -OCH3 is 1. The number of hydrogen-bond acceptors (Lipinski definition) is 6. The van der Waals surface area contributed by atoms with E-state index in [0.29, 0.717) is 30.4 Å². The largest absolute Gasteiger partial charge is 0.479 e. The Morgan fingerprint density at radius 3 is 2.76 bits per heavy atom. The number of aliphatic hydroxyl groups is 1. The number of rotatable bonds is 6. The molecular formula is C11H20N4O2. The quantitative estimate of drug-likeness (QED) is 0.683. The molecule has 0 atom stereocenters.